The van der Waals surface area contributed by atoms with E-state index in [9.17, 15) is 23.3 Å². The van der Waals surface area contributed by atoms with Gasteiger partial charge in [-0.2, -0.15) is 5.26 Å². The second kappa shape index (κ2) is 11.9. The number of carbonyl (C=O) groups excluding carboxylic acids is 2. The monoisotopic (exact) mass is 599 g/mol. The van der Waals surface area contributed by atoms with Gasteiger partial charge in [-0.1, -0.05) is 47.5 Å². The summed E-state index contributed by atoms with van der Waals surface area (Å²) in [5, 5.41) is 13.3. The maximum Gasteiger partial charge on any atom is 0.252 e. The minimum atomic E-state index is -3.82. The molecule has 4 rings (SSSR count). The predicted octanol–water partition coefficient (Wildman–Crippen LogP) is 3.71. The fourth-order valence-electron chi connectivity index (χ4n) is 4.71. The van der Waals surface area contributed by atoms with Gasteiger partial charge in [0, 0.05) is 28.7 Å². The first kappa shape index (κ1) is 29.4. The van der Waals surface area contributed by atoms with E-state index in [-0.39, 0.29) is 22.9 Å². The first-order valence-corrected chi connectivity index (χ1v) is 14.9. The standard InChI is InChI=1S/C28H27Cl2N5O4S/c1-17(27(32)36)33-28(37)21-11-18(14-31)12-24(13-21)35(40(2,38)39)25-15-34(16-25)26(19-3-7-22(29)8-4-19)20-5-9-23(30)10-6-20/h3-13,17,25-26H,15-16H2,1-2H3,(H2,32,36)(H,33,37)/t17-/m0/s1. The van der Waals surface area contributed by atoms with E-state index in [4.69, 9.17) is 28.9 Å². The molecular weight excluding hydrogens is 573 g/mol. The summed E-state index contributed by atoms with van der Waals surface area (Å²) in [6.45, 7) is 2.18. The third-order valence-electron chi connectivity index (χ3n) is 6.65. The molecule has 40 heavy (non-hydrogen) atoms. The van der Waals surface area contributed by atoms with E-state index >= 15 is 0 Å². The van der Waals surface area contributed by atoms with Crippen LogP contribution in [0.4, 0.5) is 5.69 Å². The maximum absolute atomic E-state index is 13.0. The zero-order chi connectivity index (χ0) is 29.2. The minimum absolute atomic E-state index is 0.0344. The van der Waals surface area contributed by atoms with Gasteiger partial charge < -0.3 is 11.1 Å². The van der Waals surface area contributed by atoms with Crippen LogP contribution in [-0.4, -0.2) is 56.6 Å². The van der Waals surface area contributed by atoms with Crippen molar-refractivity contribution in [3.63, 3.8) is 0 Å². The molecule has 0 aliphatic carbocycles. The smallest absolute Gasteiger partial charge is 0.252 e. The Balaban J connectivity index is 1.66. The van der Waals surface area contributed by atoms with Gasteiger partial charge in [0.1, 0.15) is 6.04 Å². The number of sulfonamides is 1. The summed E-state index contributed by atoms with van der Waals surface area (Å²) < 4.78 is 27.3. The molecule has 0 radical (unpaired) electrons. The summed E-state index contributed by atoms with van der Waals surface area (Å²) in [4.78, 5) is 26.3. The van der Waals surface area contributed by atoms with Gasteiger partial charge in [0.25, 0.3) is 5.91 Å². The normalized spacial score (nSPS) is 14.7. The molecule has 1 aliphatic heterocycles. The third kappa shape index (κ3) is 6.57. The summed E-state index contributed by atoms with van der Waals surface area (Å²) >= 11 is 12.2. The number of halogens is 2. The molecule has 3 aromatic carbocycles. The molecule has 0 saturated carbocycles. The Labute approximate surface area is 243 Å². The number of hydrogen-bond acceptors (Lipinski definition) is 6. The van der Waals surface area contributed by atoms with Crippen molar-refractivity contribution < 1.29 is 18.0 Å². The fourth-order valence-corrected chi connectivity index (χ4v) is 6.12. The predicted molar refractivity (Wildman–Crippen MR) is 155 cm³/mol. The summed E-state index contributed by atoms with van der Waals surface area (Å²) in [6.07, 6.45) is 1.08. The SMILES string of the molecule is C[C@H](NC(=O)c1cc(C#N)cc(N(C2CN(C(c3ccc(Cl)cc3)c3ccc(Cl)cc3)C2)S(C)(=O)=O)c1)C(N)=O. The van der Waals surface area contributed by atoms with E-state index in [0.717, 1.165) is 17.4 Å². The van der Waals surface area contributed by atoms with Crippen LogP contribution in [0.1, 0.15) is 40.0 Å². The number of rotatable bonds is 9. The number of nitrogens with zero attached hydrogens (tertiary/aromatic N) is 3. The summed E-state index contributed by atoms with van der Waals surface area (Å²) in [5.41, 5.74) is 7.51. The van der Waals surface area contributed by atoms with Crippen molar-refractivity contribution in [3.05, 3.63) is 99.0 Å². The van der Waals surface area contributed by atoms with Crippen LogP contribution in [0.25, 0.3) is 0 Å². The van der Waals surface area contributed by atoms with Crippen LogP contribution in [-0.2, 0) is 14.8 Å². The Kier molecular flexibility index (Phi) is 8.71. The van der Waals surface area contributed by atoms with Gasteiger partial charge in [-0.15, -0.1) is 0 Å². The molecular formula is C28H27Cl2N5O4S. The van der Waals surface area contributed by atoms with Gasteiger partial charge in [-0.25, -0.2) is 8.42 Å². The number of nitrogens with two attached hydrogens (primary N) is 1. The zero-order valence-electron chi connectivity index (χ0n) is 21.7. The van der Waals surface area contributed by atoms with Crippen LogP contribution in [0.3, 0.4) is 0 Å². The van der Waals surface area contributed by atoms with Crippen LogP contribution < -0.4 is 15.4 Å². The fraction of sp³-hybridized carbons (Fsp3) is 0.250. The molecule has 0 spiro atoms. The van der Waals surface area contributed by atoms with E-state index in [0.29, 0.717) is 23.1 Å². The van der Waals surface area contributed by atoms with Crippen molar-refractivity contribution in [2.24, 2.45) is 5.73 Å². The summed E-state index contributed by atoms with van der Waals surface area (Å²) in [6, 6.07) is 19.4. The van der Waals surface area contributed by atoms with Gasteiger partial charge in [0.2, 0.25) is 15.9 Å². The molecule has 3 aromatic rings. The molecule has 1 atom stereocenters. The first-order valence-electron chi connectivity index (χ1n) is 12.3. The van der Waals surface area contributed by atoms with Crippen LogP contribution in [0.15, 0.2) is 66.7 Å². The number of anilines is 1. The molecule has 0 bridgehead atoms. The number of likely N-dealkylation sites (tertiary alicyclic amines) is 1. The van der Waals surface area contributed by atoms with E-state index in [1.54, 1.807) is 24.3 Å². The Morgan fingerprint density at radius 3 is 2.00 bits per heavy atom. The number of primary amides is 1. The molecule has 3 N–H and O–H groups in total. The van der Waals surface area contributed by atoms with Crippen molar-refractivity contribution in [1.29, 1.82) is 5.26 Å². The number of amides is 2. The number of hydrogen-bond donors (Lipinski definition) is 2. The molecule has 12 heteroatoms. The topological polar surface area (TPSA) is 137 Å². The average molecular weight is 601 g/mol. The van der Waals surface area contributed by atoms with E-state index in [2.05, 4.69) is 10.2 Å². The molecule has 0 unspecified atom stereocenters. The molecule has 1 aliphatic rings. The lowest BCUT2D eigenvalue weighted by Crippen LogP contribution is -2.61. The van der Waals surface area contributed by atoms with Crippen LogP contribution >= 0.6 is 23.2 Å². The average Bonchev–Trinajstić information content (AvgIpc) is 2.88. The van der Waals surface area contributed by atoms with Gasteiger partial charge in [0.05, 0.1) is 35.7 Å². The quantitative estimate of drug-likeness (QED) is 0.384. The number of carbonyl (C=O) groups is 2. The highest BCUT2D eigenvalue weighted by molar-refractivity contribution is 7.92. The first-order chi connectivity index (χ1) is 18.9. The van der Waals surface area contributed by atoms with E-state index < -0.39 is 33.9 Å². The molecule has 9 nitrogen and oxygen atoms in total. The summed E-state index contributed by atoms with van der Waals surface area (Å²) in [5.74, 6) is -1.38. The Hall–Kier alpha value is -3.62. The lowest BCUT2D eigenvalue weighted by molar-refractivity contribution is -0.119. The van der Waals surface area contributed by atoms with E-state index in [1.807, 2.05) is 30.3 Å². The number of nitrogens with one attached hydrogen (secondary N) is 1. The van der Waals surface area contributed by atoms with Crippen molar-refractivity contribution in [1.82, 2.24) is 10.2 Å². The van der Waals surface area contributed by atoms with Gasteiger partial charge in [-0.05, 0) is 60.5 Å². The van der Waals surface area contributed by atoms with Crippen molar-refractivity contribution >= 4 is 50.7 Å². The Morgan fingerprint density at radius 2 is 1.55 bits per heavy atom. The highest BCUT2D eigenvalue weighted by atomic mass is 35.5. The van der Waals surface area contributed by atoms with Crippen molar-refractivity contribution in [2.75, 3.05) is 23.7 Å². The van der Waals surface area contributed by atoms with Gasteiger partial charge in [0.15, 0.2) is 0 Å². The Bertz CT molecular complexity index is 1520. The lowest BCUT2D eigenvalue weighted by Gasteiger charge is -2.48. The van der Waals surface area contributed by atoms with Crippen LogP contribution in [0.2, 0.25) is 10.0 Å². The third-order valence-corrected chi connectivity index (χ3v) is 8.38. The highest BCUT2D eigenvalue weighted by Crippen LogP contribution is 2.37. The number of benzene rings is 3. The second-order valence-electron chi connectivity index (χ2n) is 9.65. The Morgan fingerprint density at radius 1 is 1.02 bits per heavy atom. The number of nitriles is 1. The minimum Gasteiger partial charge on any atom is -0.368 e. The van der Waals surface area contributed by atoms with Crippen molar-refractivity contribution in [2.45, 2.75) is 25.0 Å². The molecule has 1 fully saturated rings. The molecule has 2 amide bonds. The van der Waals surface area contributed by atoms with Gasteiger partial charge >= 0.3 is 0 Å². The van der Waals surface area contributed by atoms with Crippen LogP contribution in [0.5, 0.6) is 0 Å². The molecule has 208 valence electrons. The maximum atomic E-state index is 13.0. The zero-order valence-corrected chi connectivity index (χ0v) is 24.0. The van der Waals surface area contributed by atoms with Crippen molar-refractivity contribution in [3.8, 4) is 6.07 Å². The van der Waals surface area contributed by atoms with Gasteiger partial charge in [-0.3, -0.25) is 18.8 Å². The molecule has 1 heterocycles. The molecule has 1 saturated heterocycles. The van der Waals surface area contributed by atoms with Crippen LogP contribution in [0, 0.1) is 11.3 Å². The highest BCUT2D eigenvalue weighted by Gasteiger charge is 2.41. The lowest BCUT2D eigenvalue weighted by atomic mass is 9.93. The molecule has 0 aromatic heterocycles. The van der Waals surface area contributed by atoms with E-state index in [1.165, 1.54) is 29.4 Å². The largest absolute Gasteiger partial charge is 0.368 e. The summed E-state index contributed by atoms with van der Waals surface area (Å²) in [7, 11) is -3.82. The second-order valence-corrected chi connectivity index (χ2v) is 12.4.